The van der Waals surface area contributed by atoms with Crippen molar-refractivity contribution < 1.29 is 4.74 Å². The number of nitrogens with zero attached hydrogens (tertiary/aromatic N) is 1. The molecule has 2 nitrogen and oxygen atoms in total. The zero-order chi connectivity index (χ0) is 11.5. The second-order valence-corrected chi connectivity index (χ2v) is 4.94. The first kappa shape index (κ1) is 11.6. The molecule has 1 atom stereocenters. The van der Waals surface area contributed by atoms with Gasteiger partial charge < -0.3 is 4.74 Å². The molecule has 16 heavy (non-hydrogen) atoms. The molecule has 1 unspecified atom stereocenters. The van der Waals surface area contributed by atoms with Crippen LogP contribution in [0.25, 0.3) is 10.9 Å². The third-order valence-corrected chi connectivity index (χ3v) is 3.52. The molecule has 0 bridgehead atoms. The average Bonchev–Trinajstić information content (AvgIpc) is 2.33. The van der Waals surface area contributed by atoms with Crippen molar-refractivity contribution in [2.45, 2.75) is 26.4 Å². The van der Waals surface area contributed by atoms with E-state index in [1.54, 1.807) is 0 Å². The summed E-state index contributed by atoms with van der Waals surface area (Å²) in [5.41, 5.74) is 0.953. The van der Waals surface area contributed by atoms with E-state index in [9.17, 15) is 0 Å². The van der Waals surface area contributed by atoms with E-state index < -0.39 is 0 Å². The summed E-state index contributed by atoms with van der Waals surface area (Å²) in [7, 11) is 0. The van der Waals surface area contributed by atoms with Crippen LogP contribution in [0, 0.1) is 3.57 Å². The molecule has 2 rings (SSSR count). The Bertz CT molecular complexity index is 498. The SMILES string of the molecule is CCC(C)Oc1ccc(I)c2cccnc12. The van der Waals surface area contributed by atoms with Crippen LogP contribution in [0.2, 0.25) is 0 Å². The highest BCUT2D eigenvalue weighted by atomic mass is 127. The molecule has 0 aliphatic carbocycles. The van der Waals surface area contributed by atoms with Crippen LogP contribution in [0.15, 0.2) is 30.5 Å². The number of hydrogen-bond acceptors (Lipinski definition) is 2. The van der Waals surface area contributed by atoms with Crippen LogP contribution in [0.5, 0.6) is 5.75 Å². The van der Waals surface area contributed by atoms with Crippen molar-refractivity contribution in [1.82, 2.24) is 4.98 Å². The number of aromatic nitrogens is 1. The van der Waals surface area contributed by atoms with Gasteiger partial charge in [0.15, 0.2) is 0 Å². The van der Waals surface area contributed by atoms with Gasteiger partial charge in [0.05, 0.1) is 6.10 Å². The van der Waals surface area contributed by atoms with Crippen molar-refractivity contribution in [3.05, 3.63) is 34.0 Å². The molecule has 0 saturated carbocycles. The molecule has 0 aliphatic rings. The molecule has 0 N–H and O–H groups in total. The summed E-state index contributed by atoms with van der Waals surface area (Å²) in [4.78, 5) is 4.40. The van der Waals surface area contributed by atoms with Crippen molar-refractivity contribution in [1.29, 1.82) is 0 Å². The van der Waals surface area contributed by atoms with E-state index in [0.717, 1.165) is 23.1 Å². The van der Waals surface area contributed by atoms with Crippen LogP contribution in [-0.2, 0) is 0 Å². The Morgan fingerprint density at radius 1 is 1.38 bits per heavy atom. The lowest BCUT2D eigenvalue weighted by Crippen LogP contribution is -2.10. The zero-order valence-corrected chi connectivity index (χ0v) is 11.6. The van der Waals surface area contributed by atoms with Crippen molar-refractivity contribution in [2.24, 2.45) is 0 Å². The number of benzene rings is 1. The lowest BCUT2D eigenvalue weighted by molar-refractivity contribution is 0.220. The molecule has 2 aromatic rings. The molecule has 0 spiro atoms. The summed E-state index contributed by atoms with van der Waals surface area (Å²) in [5.74, 6) is 0.880. The predicted octanol–water partition coefficient (Wildman–Crippen LogP) is 4.02. The van der Waals surface area contributed by atoms with Gasteiger partial charge in [-0.15, -0.1) is 0 Å². The van der Waals surface area contributed by atoms with Crippen LogP contribution in [0.4, 0.5) is 0 Å². The number of rotatable bonds is 3. The van der Waals surface area contributed by atoms with Crippen molar-refractivity contribution in [3.63, 3.8) is 0 Å². The molecule has 1 heterocycles. The smallest absolute Gasteiger partial charge is 0.145 e. The molecule has 84 valence electrons. The Balaban J connectivity index is 2.50. The number of fused-ring (bicyclic) bond motifs is 1. The highest BCUT2D eigenvalue weighted by Crippen LogP contribution is 2.28. The van der Waals surface area contributed by atoms with E-state index in [1.165, 1.54) is 3.57 Å². The maximum absolute atomic E-state index is 5.87. The Kier molecular flexibility index (Phi) is 3.63. The quantitative estimate of drug-likeness (QED) is 0.795. The van der Waals surface area contributed by atoms with Gasteiger partial charge in [0.2, 0.25) is 0 Å². The van der Waals surface area contributed by atoms with Gasteiger partial charge in [-0.2, -0.15) is 0 Å². The molecule has 0 fully saturated rings. The normalized spacial score (nSPS) is 12.7. The monoisotopic (exact) mass is 327 g/mol. The second kappa shape index (κ2) is 4.99. The topological polar surface area (TPSA) is 22.1 Å². The van der Waals surface area contributed by atoms with E-state index in [1.807, 2.05) is 18.3 Å². The standard InChI is InChI=1S/C13H14INO/c1-3-9(2)16-12-7-6-11(14)10-5-4-8-15-13(10)12/h4-9H,3H2,1-2H3. The minimum absolute atomic E-state index is 0.227. The molecule has 0 amide bonds. The van der Waals surface area contributed by atoms with E-state index in [0.29, 0.717) is 0 Å². The predicted molar refractivity (Wildman–Crippen MR) is 74.8 cm³/mol. The van der Waals surface area contributed by atoms with Crippen LogP contribution >= 0.6 is 22.6 Å². The molecule has 0 aliphatic heterocycles. The van der Waals surface area contributed by atoms with Crippen LogP contribution in [0.3, 0.4) is 0 Å². The van der Waals surface area contributed by atoms with Gasteiger partial charge in [0, 0.05) is 15.2 Å². The van der Waals surface area contributed by atoms with Gasteiger partial charge in [-0.3, -0.25) is 4.98 Å². The second-order valence-electron chi connectivity index (χ2n) is 3.78. The van der Waals surface area contributed by atoms with Gasteiger partial charge in [-0.1, -0.05) is 13.0 Å². The highest BCUT2D eigenvalue weighted by molar-refractivity contribution is 14.1. The summed E-state index contributed by atoms with van der Waals surface area (Å²) in [6, 6.07) is 8.11. The Morgan fingerprint density at radius 2 is 2.19 bits per heavy atom. The van der Waals surface area contributed by atoms with Gasteiger partial charge in [0.25, 0.3) is 0 Å². The van der Waals surface area contributed by atoms with Crippen LogP contribution in [0.1, 0.15) is 20.3 Å². The lowest BCUT2D eigenvalue weighted by atomic mass is 10.2. The van der Waals surface area contributed by atoms with Gasteiger partial charge in [0.1, 0.15) is 11.3 Å². The van der Waals surface area contributed by atoms with Crippen molar-refractivity contribution >= 4 is 33.5 Å². The minimum Gasteiger partial charge on any atom is -0.488 e. The fraction of sp³-hybridized carbons (Fsp3) is 0.308. The van der Waals surface area contributed by atoms with Crippen molar-refractivity contribution in [3.8, 4) is 5.75 Å². The molecular weight excluding hydrogens is 313 g/mol. The molecule has 0 radical (unpaired) electrons. The zero-order valence-electron chi connectivity index (χ0n) is 9.40. The van der Waals surface area contributed by atoms with Crippen LogP contribution < -0.4 is 4.74 Å². The minimum atomic E-state index is 0.227. The molecule has 1 aromatic heterocycles. The maximum Gasteiger partial charge on any atom is 0.145 e. The Hall–Kier alpha value is -0.840. The summed E-state index contributed by atoms with van der Waals surface area (Å²) in [6.45, 7) is 4.19. The van der Waals surface area contributed by atoms with Gasteiger partial charge in [-0.25, -0.2) is 0 Å². The van der Waals surface area contributed by atoms with Gasteiger partial charge >= 0.3 is 0 Å². The van der Waals surface area contributed by atoms with E-state index in [2.05, 4.69) is 53.6 Å². The molecule has 1 aromatic carbocycles. The largest absolute Gasteiger partial charge is 0.488 e. The molecule has 3 heteroatoms. The highest BCUT2D eigenvalue weighted by Gasteiger charge is 2.08. The molecule has 0 saturated heterocycles. The first-order valence-electron chi connectivity index (χ1n) is 5.42. The summed E-state index contributed by atoms with van der Waals surface area (Å²) >= 11 is 2.32. The number of pyridine rings is 1. The van der Waals surface area contributed by atoms with Crippen LogP contribution in [-0.4, -0.2) is 11.1 Å². The Labute approximate surface area is 109 Å². The third-order valence-electron chi connectivity index (χ3n) is 2.58. The lowest BCUT2D eigenvalue weighted by Gasteiger charge is -2.14. The summed E-state index contributed by atoms with van der Waals surface area (Å²) in [6.07, 6.45) is 3.03. The molecular formula is C13H14INO. The third kappa shape index (κ3) is 2.29. The van der Waals surface area contributed by atoms with E-state index >= 15 is 0 Å². The number of ether oxygens (including phenoxy) is 1. The fourth-order valence-electron chi connectivity index (χ4n) is 1.51. The van der Waals surface area contributed by atoms with Crippen molar-refractivity contribution in [2.75, 3.05) is 0 Å². The first-order valence-corrected chi connectivity index (χ1v) is 6.50. The first-order chi connectivity index (χ1) is 7.72. The average molecular weight is 327 g/mol. The number of hydrogen-bond donors (Lipinski definition) is 0. The van der Waals surface area contributed by atoms with E-state index in [4.69, 9.17) is 4.74 Å². The fourth-order valence-corrected chi connectivity index (χ4v) is 2.12. The summed E-state index contributed by atoms with van der Waals surface area (Å²) < 4.78 is 7.07. The van der Waals surface area contributed by atoms with Gasteiger partial charge in [-0.05, 0) is 54.1 Å². The Morgan fingerprint density at radius 3 is 2.94 bits per heavy atom. The van der Waals surface area contributed by atoms with E-state index in [-0.39, 0.29) is 6.10 Å². The summed E-state index contributed by atoms with van der Waals surface area (Å²) in [5, 5.41) is 1.16. The maximum atomic E-state index is 5.87. The number of halogens is 1.